The monoisotopic (exact) mass is 445 g/mol. The Balaban J connectivity index is 1.68. The second-order valence-electron chi connectivity index (χ2n) is 8.45. The van der Waals surface area contributed by atoms with Crippen LogP contribution in [0.25, 0.3) is 49.7 Å². The van der Waals surface area contributed by atoms with Gasteiger partial charge >= 0.3 is 0 Å². The van der Waals surface area contributed by atoms with Gasteiger partial charge in [-0.15, -0.1) is 0 Å². The number of hydrogen-bond acceptors (Lipinski definition) is 2. The largest absolute Gasteiger partial charge is 0.309 e. The van der Waals surface area contributed by atoms with Gasteiger partial charge < -0.3 is 4.57 Å². The van der Waals surface area contributed by atoms with Gasteiger partial charge in [-0.1, -0.05) is 72.8 Å². The molecule has 3 heteroatoms. The first-order valence-corrected chi connectivity index (χ1v) is 11.4. The van der Waals surface area contributed by atoms with E-state index in [0.29, 0.717) is 11.1 Å². The minimum atomic E-state index is 0.532. The zero-order chi connectivity index (χ0) is 23.8. The molecular weight excluding hydrogens is 426 g/mol. The Bertz CT molecular complexity index is 1760. The molecule has 0 fully saturated rings. The van der Waals surface area contributed by atoms with Gasteiger partial charge in [-0.3, -0.25) is 0 Å². The molecule has 0 saturated carbocycles. The zero-order valence-electron chi connectivity index (χ0n) is 18.8. The molecule has 35 heavy (non-hydrogen) atoms. The maximum atomic E-state index is 9.81. The number of nitrogens with zero attached hydrogens (tertiary/aromatic N) is 3. The highest BCUT2D eigenvalue weighted by atomic mass is 15.0. The van der Waals surface area contributed by atoms with Gasteiger partial charge in [0.05, 0.1) is 34.3 Å². The van der Waals surface area contributed by atoms with Gasteiger partial charge in [0, 0.05) is 22.0 Å². The summed E-state index contributed by atoms with van der Waals surface area (Å²) < 4.78 is 2.29. The molecule has 0 amide bonds. The number of benzene rings is 5. The molecule has 5 aromatic carbocycles. The molecule has 0 bridgehead atoms. The Kier molecular flexibility index (Phi) is 4.88. The topological polar surface area (TPSA) is 52.5 Å². The first-order chi connectivity index (χ1) is 17.3. The lowest BCUT2D eigenvalue weighted by molar-refractivity contribution is 1.18. The van der Waals surface area contributed by atoms with Crippen LogP contribution >= 0.6 is 0 Å². The molecule has 0 atom stereocenters. The van der Waals surface area contributed by atoms with Gasteiger partial charge in [-0.05, 0) is 59.2 Å². The van der Waals surface area contributed by atoms with Crippen LogP contribution in [0.4, 0.5) is 0 Å². The first-order valence-electron chi connectivity index (χ1n) is 11.4. The summed E-state index contributed by atoms with van der Waals surface area (Å²) in [5.74, 6) is 0. The van der Waals surface area contributed by atoms with Crippen LogP contribution in [-0.4, -0.2) is 4.57 Å². The third kappa shape index (κ3) is 3.35. The van der Waals surface area contributed by atoms with Crippen molar-refractivity contribution in [1.82, 2.24) is 4.57 Å². The first kappa shape index (κ1) is 20.5. The Morgan fingerprint density at radius 3 is 1.83 bits per heavy atom. The maximum Gasteiger partial charge on any atom is 0.0998 e. The number of rotatable bonds is 3. The number of hydrogen-bond donors (Lipinski definition) is 0. The van der Waals surface area contributed by atoms with E-state index in [4.69, 9.17) is 0 Å². The summed E-state index contributed by atoms with van der Waals surface area (Å²) in [5, 5.41) is 21.7. The van der Waals surface area contributed by atoms with Crippen molar-refractivity contribution in [3.05, 3.63) is 126 Å². The summed E-state index contributed by atoms with van der Waals surface area (Å²) in [6.45, 7) is 0. The Morgan fingerprint density at radius 2 is 1.17 bits per heavy atom. The van der Waals surface area contributed by atoms with Crippen molar-refractivity contribution in [2.45, 2.75) is 0 Å². The van der Waals surface area contributed by atoms with Crippen LogP contribution in [0.3, 0.4) is 0 Å². The fourth-order valence-corrected chi connectivity index (χ4v) is 4.90. The summed E-state index contributed by atoms with van der Waals surface area (Å²) in [6, 6.07) is 43.2. The third-order valence-electron chi connectivity index (χ3n) is 6.49. The summed E-state index contributed by atoms with van der Waals surface area (Å²) in [6.07, 6.45) is 0. The Hall–Kier alpha value is -5.12. The molecule has 0 unspecified atom stereocenters. The van der Waals surface area contributed by atoms with E-state index in [1.165, 1.54) is 10.8 Å². The molecule has 0 radical (unpaired) electrons. The summed E-state index contributed by atoms with van der Waals surface area (Å²) in [4.78, 5) is 0. The molecule has 0 aliphatic heterocycles. The van der Waals surface area contributed by atoms with Gasteiger partial charge in [0.2, 0.25) is 0 Å². The Morgan fingerprint density at radius 1 is 0.514 bits per heavy atom. The van der Waals surface area contributed by atoms with Gasteiger partial charge in [0.15, 0.2) is 0 Å². The quantitative estimate of drug-likeness (QED) is 0.278. The van der Waals surface area contributed by atoms with Crippen LogP contribution in [0.5, 0.6) is 0 Å². The lowest BCUT2D eigenvalue weighted by Crippen LogP contribution is -1.97. The van der Waals surface area contributed by atoms with Crippen LogP contribution in [0, 0.1) is 22.7 Å². The van der Waals surface area contributed by atoms with E-state index in [-0.39, 0.29) is 0 Å². The molecule has 0 aliphatic rings. The van der Waals surface area contributed by atoms with E-state index >= 15 is 0 Å². The fraction of sp³-hybridized carbons (Fsp3) is 0. The van der Waals surface area contributed by atoms with E-state index in [1.807, 2.05) is 18.2 Å². The summed E-state index contributed by atoms with van der Waals surface area (Å²) in [5.41, 5.74) is 8.16. The van der Waals surface area contributed by atoms with Crippen LogP contribution in [0.1, 0.15) is 11.1 Å². The molecule has 6 rings (SSSR count). The van der Waals surface area contributed by atoms with Crippen LogP contribution in [-0.2, 0) is 0 Å². The molecule has 0 aliphatic carbocycles. The summed E-state index contributed by atoms with van der Waals surface area (Å²) in [7, 11) is 0. The maximum absolute atomic E-state index is 9.81. The highest BCUT2D eigenvalue weighted by Gasteiger charge is 2.16. The van der Waals surface area contributed by atoms with E-state index in [0.717, 1.165) is 39.0 Å². The van der Waals surface area contributed by atoms with Crippen molar-refractivity contribution in [2.24, 2.45) is 0 Å². The number of fused-ring (bicyclic) bond motifs is 3. The van der Waals surface area contributed by atoms with Crippen LogP contribution < -0.4 is 0 Å². The minimum Gasteiger partial charge on any atom is -0.309 e. The third-order valence-corrected chi connectivity index (χ3v) is 6.49. The van der Waals surface area contributed by atoms with Crippen LogP contribution in [0.2, 0.25) is 0 Å². The molecule has 1 aromatic heterocycles. The normalized spacial score (nSPS) is 10.8. The van der Waals surface area contributed by atoms with E-state index < -0.39 is 0 Å². The fourth-order valence-electron chi connectivity index (χ4n) is 4.90. The van der Waals surface area contributed by atoms with Crippen molar-refractivity contribution in [1.29, 1.82) is 10.5 Å². The SMILES string of the molecule is N#Cc1ccc(C#N)c(-c2ccc(-n3c4ccccc4c4ccccc43)cc2-c2ccccc2)c1. The van der Waals surface area contributed by atoms with Gasteiger partial charge in [-0.2, -0.15) is 10.5 Å². The van der Waals surface area contributed by atoms with E-state index in [2.05, 4.69) is 95.6 Å². The second kappa shape index (κ2) is 8.34. The Labute approximate surface area is 203 Å². The lowest BCUT2D eigenvalue weighted by Gasteiger charge is -2.16. The predicted octanol–water partition coefficient (Wildman–Crippen LogP) is 7.86. The highest BCUT2D eigenvalue weighted by Crippen LogP contribution is 2.38. The van der Waals surface area contributed by atoms with Gasteiger partial charge in [0.25, 0.3) is 0 Å². The predicted molar refractivity (Wildman–Crippen MR) is 141 cm³/mol. The van der Waals surface area contributed by atoms with Gasteiger partial charge in [0.1, 0.15) is 0 Å². The van der Waals surface area contributed by atoms with Gasteiger partial charge in [-0.25, -0.2) is 0 Å². The van der Waals surface area contributed by atoms with E-state index in [9.17, 15) is 10.5 Å². The molecule has 3 nitrogen and oxygen atoms in total. The van der Waals surface area contributed by atoms with Crippen LogP contribution in [0.15, 0.2) is 115 Å². The van der Waals surface area contributed by atoms with Crippen molar-refractivity contribution in [3.63, 3.8) is 0 Å². The zero-order valence-corrected chi connectivity index (χ0v) is 18.8. The molecule has 0 saturated heterocycles. The van der Waals surface area contributed by atoms with E-state index in [1.54, 1.807) is 18.2 Å². The average Bonchev–Trinajstić information content (AvgIpc) is 3.27. The number of nitriles is 2. The molecule has 0 spiro atoms. The number of para-hydroxylation sites is 2. The highest BCUT2D eigenvalue weighted by molar-refractivity contribution is 6.09. The number of aromatic nitrogens is 1. The van der Waals surface area contributed by atoms with Crippen molar-refractivity contribution in [2.75, 3.05) is 0 Å². The molecule has 1 heterocycles. The van der Waals surface area contributed by atoms with Crippen molar-refractivity contribution in [3.8, 4) is 40.1 Å². The molecular formula is C32H19N3. The molecule has 162 valence electrons. The standard InChI is InChI=1S/C32H19N3/c33-20-22-14-15-24(21-34)29(18-22)26-17-16-25(19-30(26)23-8-2-1-3-9-23)35-31-12-6-4-10-27(31)28-11-5-7-13-32(28)35/h1-19H. The van der Waals surface area contributed by atoms with Crippen molar-refractivity contribution >= 4 is 21.8 Å². The molecule has 0 N–H and O–H groups in total. The smallest absolute Gasteiger partial charge is 0.0998 e. The summed E-state index contributed by atoms with van der Waals surface area (Å²) >= 11 is 0. The minimum absolute atomic E-state index is 0.532. The average molecular weight is 446 g/mol. The second-order valence-corrected chi connectivity index (χ2v) is 8.45. The molecule has 6 aromatic rings. The van der Waals surface area contributed by atoms with Crippen molar-refractivity contribution < 1.29 is 0 Å². The lowest BCUT2D eigenvalue weighted by atomic mass is 9.90.